The highest BCUT2D eigenvalue weighted by Crippen LogP contribution is 2.18. The Balaban J connectivity index is 2.02. The number of unbranched alkanes of at least 4 members (excludes halogenated alkanes) is 2. The fraction of sp³-hybridized carbons (Fsp3) is 0.571. The minimum absolute atomic E-state index is 0.0417. The first-order chi connectivity index (χ1) is 13.4. The monoisotopic (exact) mass is 390 g/mol. The number of amides is 2. The molecule has 1 aliphatic heterocycles. The van der Waals surface area contributed by atoms with Crippen LogP contribution in [-0.4, -0.2) is 54.5 Å². The first-order valence-corrected chi connectivity index (χ1v) is 9.93. The van der Waals surface area contributed by atoms with Crippen LogP contribution in [0, 0.1) is 0 Å². The molecule has 7 heteroatoms. The lowest BCUT2D eigenvalue weighted by molar-refractivity contribution is -0.147. The van der Waals surface area contributed by atoms with Crippen molar-refractivity contribution in [3.63, 3.8) is 0 Å². The van der Waals surface area contributed by atoms with E-state index < -0.39 is 12.0 Å². The molecule has 28 heavy (non-hydrogen) atoms. The molecule has 1 aromatic carbocycles. The molecule has 154 valence electrons. The summed E-state index contributed by atoms with van der Waals surface area (Å²) in [5, 5.41) is 2.72. The lowest BCUT2D eigenvalue weighted by Crippen LogP contribution is -2.57. The summed E-state index contributed by atoms with van der Waals surface area (Å²) in [4.78, 5) is 38.8. The van der Waals surface area contributed by atoms with Crippen LogP contribution in [0.25, 0.3) is 0 Å². The number of hydrogen-bond donors (Lipinski definition) is 1. The van der Waals surface area contributed by atoms with Crippen molar-refractivity contribution in [1.82, 2.24) is 10.2 Å². The molecule has 1 aromatic rings. The Kier molecular flexibility index (Phi) is 8.29. The van der Waals surface area contributed by atoms with Gasteiger partial charge in [-0.1, -0.05) is 19.8 Å². The molecule has 1 saturated heterocycles. The number of rotatable bonds is 9. The summed E-state index contributed by atoms with van der Waals surface area (Å²) < 4.78 is 10.8. The van der Waals surface area contributed by atoms with Crippen LogP contribution < -0.4 is 10.1 Å². The number of hydrogen-bond acceptors (Lipinski definition) is 5. The van der Waals surface area contributed by atoms with Gasteiger partial charge in [0.1, 0.15) is 11.8 Å². The van der Waals surface area contributed by atoms with Crippen LogP contribution in [0.5, 0.6) is 5.75 Å². The number of carbonyl (C=O) groups is 3. The summed E-state index contributed by atoms with van der Waals surface area (Å²) in [5.41, 5.74) is 0.451. The van der Waals surface area contributed by atoms with Crippen LogP contribution in [-0.2, 0) is 14.3 Å². The molecular weight excluding hydrogens is 360 g/mol. The molecule has 1 atom stereocenters. The maximum absolute atomic E-state index is 12.9. The van der Waals surface area contributed by atoms with E-state index in [9.17, 15) is 14.4 Å². The van der Waals surface area contributed by atoms with E-state index in [1.54, 1.807) is 24.3 Å². The summed E-state index contributed by atoms with van der Waals surface area (Å²) in [6.45, 7) is 6.98. The predicted molar refractivity (Wildman–Crippen MR) is 105 cm³/mol. The smallest absolute Gasteiger partial charge is 0.308 e. The van der Waals surface area contributed by atoms with Gasteiger partial charge in [-0.3, -0.25) is 14.4 Å². The molecule has 1 aliphatic rings. The zero-order chi connectivity index (χ0) is 20.5. The van der Waals surface area contributed by atoms with Crippen LogP contribution in [0.15, 0.2) is 24.3 Å². The van der Waals surface area contributed by atoms with Gasteiger partial charge in [0.05, 0.1) is 19.1 Å². The third kappa shape index (κ3) is 6.25. The molecule has 1 unspecified atom stereocenters. The SMILES string of the molecule is CCCCCOC(=O)CC1C(=O)NCCN1C(=O)c1ccc(OC(C)C)cc1. The number of ether oxygens (including phenoxy) is 2. The van der Waals surface area contributed by atoms with Gasteiger partial charge in [0.15, 0.2) is 0 Å². The van der Waals surface area contributed by atoms with Crippen LogP contribution in [0.4, 0.5) is 0 Å². The number of nitrogens with zero attached hydrogens (tertiary/aromatic N) is 1. The first kappa shape index (κ1) is 21.7. The highest BCUT2D eigenvalue weighted by molar-refractivity contribution is 5.99. The van der Waals surface area contributed by atoms with E-state index in [0.29, 0.717) is 31.0 Å². The minimum Gasteiger partial charge on any atom is -0.491 e. The summed E-state index contributed by atoms with van der Waals surface area (Å²) in [7, 11) is 0. The van der Waals surface area contributed by atoms with Crippen molar-refractivity contribution >= 4 is 17.8 Å². The zero-order valence-corrected chi connectivity index (χ0v) is 16.9. The van der Waals surface area contributed by atoms with Crippen LogP contribution in [0.2, 0.25) is 0 Å². The summed E-state index contributed by atoms with van der Waals surface area (Å²) >= 11 is 0. The average molecular weight is 390 g/mol. The number of benzene rings is 1. The van der Waals surface area contributed by atoms with E-state index in [4.69, 9.17) is 9.47 Å². The maximum Gasteiger partial charge on any atom is 0.308 e. The molecule has 0 spiro atoms. The zero-order valence-electron chi connectivity index (χ0n) is 16.9. The molecular formula is C21H30N2O5. The van der Waals surface area contributed by atoms with Crippen molar-refractivity contribution in [2.24, 2.45) is 0 Å². The van der Waals surface area contributed by atoms with Gasteiger partial charge in [0.25, 0.3) is 5.91 Å². The van der Waals surface area contributed by atoms with Crippen LogP contribution in [0.1, 0.15) is 56.8 Å². The summed E-state index contributed by atoms with van der Waals surface area (Å²) in [5.74, 6) is -0.397. The van der Waals surface area contributed by atoms with Gasteiger partial charge in [-0.05, 0) is 44.5 Å². The molecule has 7 nitrogen and oxygen atoms in total. The Bertz CT molecular complexity index is 672. The van der Waals surface area contributed by atoms with E-state index in [0.717, 1.165) is 19.3 Å². The van der Waals surface area contributed by atoms with Crippen molar-refractivity contribution in [3.05, 3.63) is 29.8 Å². The Hall–Kier alpha value is -2.57. The fourth-order valence-corrected chi connectivity index (χ4v) is 3.03. The van der Waals surface area contributed by atoms with Crippen molar-refractivity contribution in [2.45, 2.75) is 58.6 Å². The Morgan fingerprint density at radius 2 is 1.93 bits per heavy atom. The molecule has 1 fully saturated rings. The number of carbonyl (C=O) groups excluding carboxylic acids is 3. The van der Waals surface area contributed by atoms with E-state index in [1.165, 1.54) is 4.90 Å². The summed E-state index contributed by atoms with van der Waals surface area (Å²) in [6, 6.07) is 5.95. The second kappa shape index (κ2) is 10.7. The van der Waals surface area contributed by atoms with Crippen molar-refractivity contribution in [1.29, 1.82) is 0 Å². The second-order valence-electron chi connectivity index (χ2n) is 7.13. The number of esters is 1. The van der Waals surface area contributed by atoms with Crippen molar-refractivity contribution in [3.8, 4) is 5.75 Å². The largest absolute Gasteiger partial charge is 0.491 e. The van der Waals surface area contributed by atoms with E-state index in [2.05, 4.69) is 12.2 Å². The van der Waals surface area contributed by atoms with E-state index in [1.807, 2.05) is 13.8 Å². The highest BCUT2D eigenvalue weighted by atomic mass is 16.5. The maximum atomic E-state index is 12.9. The lowest BCUT2D eigenvalue weighted by Gasteiger charge is -2.34. The van der Waals surface area contributed by atoms with E-state index in [-0.39, 0.29) is 24.3 Å². The third-order valence-electron chi connectivity index (χ3n) is 4.44. The van der Waals surface area contributed by atoms with Crippen LogP contribution >= 0.6 is 0 Å². The van der Waals surface area contributed by atoms with Crippen LogP contribution in [0.3, 0.4) is 0 Å². The van der Waals surface area contributed by atoms with Gasteiger partial charge in [-0.2, -0.15) is 0 Å². The minimum atomic E-state index is -0.855. The Labute approximate surface area is 166 Å². The topological polar surface area (TPSA) is 84.9 Å². The molecule has 2 rings (SSSR count). The quantitative estimate of drug-likeness (QED) is 0.517. The molecule has 1 N–H and O–H groups in total. The van der Waals surface area contributed by atoms with Gasteiger partial charge in [0, 0.05) is 18.7 Å². The highest BCUT2D eigenvalue weighted by Gasteiger charge is 2.35. The van der Waals surface area contributed by atoms with Gasteiger partial charge in [-0.15, -0.1) is 0 Å². The van der Waals surface area contributed by atoms with Gasteiger partial charge >= 0.3 is 5.97 Å². The molecule has 0 radical (unpaired) electrons. The number of piperazine rings is 1. The van der Waals surface area contributed by atoms with Crippen molar-refractivity contribution < 1.29 is 23.9 Å². The lowest BCUT2D eigenvalue weighted by atomic mass is 10.1. The van der Waals surface area contributed by atoms with E-state index >= 15 is 0 Å². The normalized spacial score (nSPS) is 16.6. The first-order valence-electron chi connectivity index (χ1n) is 9.93. The van der Waals surface area contributed by atoms with Gasteiger partial charge < -0.3 is 19.7 Å². The third-order valence-corrected chi connectivity index (χ3v) is 4.44. The van der Waals surface area contributed by atoms with Gasteiger partial charge in [0.2, 0.25) is 5.91 Å². The molecule has 0 aromatic heterocycles. The predicted octanol–water partition coefficient (Wildman–Crippen LogP) is 2.54. The standard InChI is InChI=1S/C21H30N2O5/c1-4-5-6-13-27-19(24)14-18-20(25)22-11-12-23(18)21(26)16-7-9-17(10-8-16)28-15(2)3/h7-10,15,18H,4-6,11-14H2,1-3H3,(H,22,25). The van der Waals surface area contributed by atoms with Crippen molar-refractivity contribution in [2.75, 3.05) is 19.7 Å². The van der Waals surface area contributed by atoms with Gasteiger partial charge in [-0.25, -0.2) is 0 Å². The average Bonchev–Trinajstić information content (AvgIpc) is 2.66. The molecule has 0 bridgehead atoms. The second-order valence-corrected chi connectivity index (χ2v) is 7.13. The Morgan fingerprint density at radius 1 is 1.21 bits per heavy atom. The number of nitrogens with one attached hydrogen (secondary N) is 1. The molecule has 0 saturated carbocycles. The summed E-state index contributed by atoms with van der Waals surface area (Å²) in [6.07, 6.45) is 2.72. The molecule has 2 amide bonds. The molecule has 0 aliphatic carbocycles. The fourth-order valence-electron chi connectivity index (χ4n) is 3.03. The molecule has 1 heterocycles. The Morgan fingerprint density at radius 3 is 2.57 bits per heavy atom.